The number of nitrogens with zero attached hydrogens (tertiary/aromatic N) is 2. The van der Waals surface area contributed by atoms with Crippen LogP contribution in [-0.4, -0.2) is 47.3 Å². The lowest BCUT2D eigenvalue weighted by Gasteiger charge is -2.40. The van der Waals surface area contributed by atoms with E-state index in [1.807, 2.05) is 45.5 Å². The van der Waals surface area contributed by atoms with Gasteiger partial charge in [0.15, 0.2) is 0 Å². The van der Waals surface area contributed by atoms with Gasteiger partial charge in [-0.15, -0.1) is 11.3 Å². The van der Waals surface area contributed by atoms with Gasteiger partial charge in [-0.2, -0.15) is 0 Å². The molecule has 3 heterocycles. The lowest BCUT2D eigenvalue weighted by atomic mass is 9.95. The average Bonchev–Trinajstić information content (AvgIpc) is 3.15. The fraction of sp³-hybridized carbons (Fsp3) is 0.400. The second-order valence-corrected chi connectivity index (χ2v) is 7.81. The number of fused-ring (bicyclic) bond motifs is 1. The second kappa shape index (κ2) is 7.00. The molecule has 2 aromatic rings. The van der Waals surface area contributed by atoms with E-state index in [0.29, 0.717) is 6.42 Å². The van der Waals surface area contributed by atoms with Gasteiger partial charge < -0.3 is 9.80 Å². The van der Waals surface area contributed by atoms with Crippen LogP contribution in [0.2, 0.25) is 0 Å². The minimum atomic E-state index is 0.158. The number of carbonyl (C=O) groups excluding carboxylic acids is 2. The Morgan fingerprint density at radius 1 is 1.08 bits per heavy atom. The Morgan fingerprint density at radius 2 is 1.88 bits per heavy atom. The van der Waals surface area contributed by atoms with E-state index in [9.17, 15) is 9.59 Å². The monoisotopic (exact) mass is 354 g/mol. The lowest BCUT2D eigenvalue weighted by molar-refractivity contribution is -0.131. The minimum Gasteiger partial charge on any atom is -0.342 e. The Balaban J connectivity index is 1.36. The topological polar surface area (TPSA) is 40.6 Å². The number of hydrogen-bond acceptors (Lipinski definition) is 3. The molecule has 2 amide bonds. The zero-order chi connectivity index (χ0) is 17.2. The molecule has 0 unspecified atom stereocenters. The normalized spacial score (nSPS) is 18.3. The van der Waals surface area contributed by atoms with Gasteiger partial charge in [-0.05, 0) is 42.3 Å². The van der Waals surface area contributed by atoms with Crippen LogP contribution in [0.3, 0.4) is 0 Å². The number of amides is 2. The lowest BCUT2D eigenvalue weighted by Crippen LogP contribution is -2.51. The van der Waals surface area contributed by atoms with Gasteiger partial charge in [0, 0.05) is 36.1 Å². The van der Waals surface area contributed by atoms with Crippen molar-refractivity contribution in [2.24, 2.45) is 0 Å². The van der Waals surface area contributed by atoms with Crippen molar-refractivity contribution in [1.29, 1.82) is 0 Å². The van der Waals surface area contributed by atoms with Crippen LogP contribution in [0.25, 0.3) is 0 Å². The highest BCUT2D eigenvalue weighted by molar-refractivity contribution is 7.10. The number of carbonyl (C=O) groups is 2. The zero-order valence-corrected chi connectivity index (χ0v) is 15.0. The first-order valence-corrected chi connectivity index (χ1v) is 9.79. The third-order valence-electron chi connectivity index (χ3n) is 5.29. The summed E-state index contributed by atoms with van der Waals surface area (Å²) in [6, 6.07) is 12.2. The molecule has 1 fully saturated rings. The largest absolute Gasteiger partial charge is 0.342 e. The number of benzene rings is 1. The highest BCUT2D eigenvalue weighted by Gasteiger charge is 2.32. The smallest absolute Gasteiger partial charge is 0.254 e. The first-order chi connectivity index (χ1) is 12.2. The maximum atomic E-state index is 12.8. The maximum absolute atomic E-state index is 12.8. The predicted octanol–water partition coefficient (Wildman–Crippen LogP) is 2.98. The molecule has 1 aromatic carbocycles. The van der Waals surface area contributed by atoms with Gasteiger partial charge in [-0.3, -0.25) is 9.59 Å². The fourth-order valence-corrected chi connectivity index (χ4v) is 4.59. The second-order valence-electron chi connectivity index (χ2n) is 6.77. The van der Waals surface area contributed by atoms with Crippen LogP contribution in [0.1, 0.15) is 33.6 Å². The van der Waals surface area contributed by atoms with E-state index in [2.05, 4.69) is 6.07 Å². The van der Waals surface area contributed by atoms with E-state index >= 15 is 0 Å². The molecule has 0 spiro atoms. The molecule has 4 rings (SSSR count). The van der Waals surface area contributed by atoms with Gasteiger partial charge in [-0.1, -0.05) is 24.3 Å². The van der Waals surface area contributed by atoms with E-state index in [-0.39, 0.29) is 17.9 Å². The summed E-state index contributed by atoms with van der Waals surface area (Å²) in [7, 11) is 0. The average molecular weight is 354 g/mol. The Bertz CT molecular complexity index is 764. The quantitative estimate of drug-likeness (QED) is 0.850. The minimum absolute atomic E-state index is 0.158. The van der Waals surface area contributed by atoms with Crippen molar-refractivity contribution >= 4 is 23.2 Å². The summed E-state index contributed by atoms with van der Waals surface area (Å²) in [5.74, 6) is 0.362. The number of piperidine rings is 1. The summed E-state index contributed by atoms with van der Waals surface area (Å²) in [6.07, 6.45) is 3.19. The van der Waals surface area contributed by atoms with Crippen molar-refractivity contribution in [1.82, 2.24) is 9.80 Å². The van der Waals surface area contributed by atoms with Gasteiger partial charge in [-0.25, -0.2) is 0 Å². The van der Waals surface area contributed by atoms with E-state index in [1.165, 1.54) is 0 Å². The van der Waals surface area contributed by atoms with Gasteiger partial charge in [0.1, 0.15) is 0 Å². The Hall–Kier alpha value is -2.14. The van der Waals surface area contributed by atoms with Gasteiger partial charge in [0.25, 0.3) is 5.91 Å². The van der Waals surface area contributed by atoms with Crippen molar-refractivity contribution in [3.63, 3.8) is 0 Å². The molecule has 0 bridgehead atoms. The van der Waals surface area contributed by atoms with Crippen molar-refractivity contribution in [3.8, 4) is 0 Å². The third-order valence-corrected chi connectivity index (χ3v) is 6.17. The molecule has 1 saturated heterocycles. The van der Waals surface area contributed by atoms with E-state index in [4.69, 9.17) is 0 Å². The van der Waals surface area contributed by atoms with Crippen molar-refractivity contribution in [3.05, 3.63) is 57.8 Å². The summed E-state index contributed by atoms with van der Waals surface area (Å²) in [5.41, 5.74) is 2.01. The summed E-state index contributed by atoms with van der Waals surface area (Å²) < 4.78 is 0. The number of hydrogen-bond donors (Lipinski definition) is 0. The molecule has 130 valence electrons. The van der Waals surface area contributed by atoms with Gasteiger partial charge in [0.05, 0.1) is 6.42 Å². The van der Waals surface area contributed by atoms with Crippen LogP contribution in [0.15, 0.2) is 41.8 Å². The van der Waals surface area contributed by atoms with Crippen LogP contribution >= 0.6 is 11.3 Å². The van der Waals surface area contributed by atoms with Crippen molar-refractivity contribution in [2.75, 3.05) is 19.6 Å². The third kappa shape index (κ3) is 3.33. The van der Waals surface area contributed by atoms with E-state index < -0.39 is 0 Å². The van der Waals surface area contributed by atoms with Crippen LogP contribution in [0.4, 0.5) is 0 Å². The van der Waals surface area contributed by atoms with E-state index in [1.54, 1.807) is 11.3 Å². The Morgan fingerprint density at radius 3 is 2.64 bits per heavy atom. The molecule has 2 aliphatic heterocycles. The molecule has 0 aliphatic carbocycles. The van der Waals surface area contributed by atoms with Gasteiger partial charge >= 0.3 is 0 Å². The standard InChI is InChI=1S/C20H22N2O2S/c23-19(14-17-5-3-13-25-17)21-10-8-16(9-11-21)22-12-7-15-4-1-2-6-18(15)20(22)24/h1-6,13,16H,7-12,14H2. The SMILES string of the molecule is O=C(Cc1cccs1)N1CCC(N2CCc3ccccc3C2=O)CC1. The zero-order valence-electron chi connectivity index (χ0n) is 14.2. The Labute approximate surface area is 152 Å². The molecule has 0 N–H and O–H groups in total. The van der Waals surface area contributed by atoms with Gasteiger partial charge in [0.2, 0.25) is 5.91 Å². The number of likely N-dealkylation sites (tertiary alicyclic amines) is 1. The highest BCUT2D eigenvalue weighted by atomic mass is 32.1. The maximum Gasteiger partial charge on any atom is 0.254 e. The predicted molar refractivity (Wildman–Crippen MR) is 98.8 cm³/mol. The van der Waals surface area contributed by atoms with Crippen LogP contribution in [-0.2, 0) is 17.6 Å². The highest BCUT2D eigenvalue weighted by Crippen LogP contribution is 2.25. The van der Waals surface area contributed by atoms with Crippen LogP contribution < -0.4 is 0 Å². The molecule has 2 aliphatic rings. The fourth-order valence-electron chi connectivity index (χ4n) is 3.89. The summed E-state index contributed by atoms with van der Waals surface area (Å²) >= 11 is 1.63. The van der Waals surface area contributed by atoms with Crippen LogP contribution in [0, 0.1) is 0 Å². The molecule has 0 radical (unpaired) electrons. The first kappa shape index (κ1) is 16.3. The molecular formula is C20H22N2O2S. The molecule has 5 heteroatoms. The number of thiophene rings is 1. The summed E-state index contributed by atoms with van der Waals surface area (Å²) in [6.45, 7) is 2.30. The molecule has 0 saturated carbocycles. The van der Waals surface area contributed by atoms with E-state index in [0.717, 1.165) is 54.9 Å². The summed E-state index contributed by atoms with van der Waals surface area (Å²) in [5, 5.41) is 2.01. The first-order valence-electron chi connectivity index (χ1n) is 8.91. The number of rotatable bonds is 3. The van der Waals surface area contributed by atoms with Crippen molar-refractivity contribution in [2.45, 2.75) is 31.7 Å². The molecule has 4 nitrogen and oxygen atoms in total. The molecule has 1 aromatic heterocycles. The van der Waals surface area contributed by atoms with Crippen LogP contribution in [0.5, 0.6) is 0 Å². The van der Waals surface area contributed by atoms with Crippen molar-refractivity contribution < 1.29 is 9.59 Å². The Kier molecular flexibility index (Phi) is 4.57. The molecule has 25 heavy (non-hydrogen) atoms. The molecule has 0 atom stereocenters. The summed E-state index contributed by atoms with van der Waals surface area (Å²) in [4.78, 5) is 30.3. The molecular weight excluding hydrogens is 332 g/mol.